The van der Waals surface area contributed by atoms with E-state index in [1.807, 2.05) is 19.1 Å². The average molecular weight is 351 g/mol. The van der Waals surface area contributed by atoms with E-state index in [2.05, 4.69) is 5.10 Å². The van der Waals surface area contributed by atoms with Gasteiger partial charge in [-0.2, -0.15) is 21.6 Å². The van der Waals surface area contributed by atoms with Crippen molar-refractivity contribution in [1.29, 1.82) is 0 Å². The first-order valence-corrected chi connectivity index (χ1v) is 8.22. The number of alkyl halides is 3. The number of hydrogen-bond acceptors (Lipinski definition) is 5. The number of benzene rings is 1. The number of aryl methyl sites for hydroxylation is 1. The number of nitrogens with zero attached hydrogens (tertiary/aromatic N) is 3. The van der Waals surface area contributed by atoms with Gasteiger partial charge >= 0.3 is 21.6 Å². The minimum atomic E-state index is -5.53. The van der Waals surface area contributed by atoms with E-state index in [1.165, 1.54) is 5.01 Å². The summed E-state index contributed by atoms with van der Waals surface area (Å²) in [7, 11) is -4.46. The van der Waals surface area contributed by atoms with Crippen molar-refractivity contribution in [2.75, 3.05) is 25.2 Å². The second kappa shape index (κ2) is 6.26. The molecule has 23 heavy (non-hydrogen) atoms. The minimum absolute atomic E-state index is 0.0202. The molecule has 0 radical (unpaired) electrons. The van der Waals surface area contributed by atoms with Crippen LogP contribution >= 0.6 is 0 Å². The van der Waals surface area contributed by atoms with Crippen LogP contribution in [-0.2, 0) is 21.2 Å². The monoisotopic (exact) mass is 351 g/mol. The Kier molecular flexibility index (Phi) is 4.73. The quantitative estimate of drug-likeness (QED) is 0.837. The van der Waals surface area contributed by atoms with Crippen LogP contribution in [0.5, 0.6) is 0 Å². The number of hydrazone groups is 1. The normalized spacial score (nSPS) is 16.3. The molecule has 0 bridgehead atoms. The summed E-state index contributed by atoms with van der Waals surface area (Å²) in [5.74, 6) is 0. The fourth-order valence-electron chi connectivity index (χ4n) is 2.07. The van der Waals surface area contributed by atoms with Crippen molar-refractivity contribution >= 4 is 21.7 Å². The second-order valence-electron chi connectivity index (χ2n) is 4.75. The van der Waals surface area contributed by atoms with E-state index in [4.69, 9.17) is 4.74 Å². The molecule has 0 aromatic heterocycles. The second-order valence-corrected chi connectivity index (χ2v) is 6.61. The van der Waals surface area contributed by atoms with E-state index in [0.717, 1.165) is 19.1 Å². The Balaban J connectivity index is 2.31. The summed E-state index contributed by atoms with van der Waals surface area (Å²) in [6, 6.07) is 6.66. The van der Waals surface area contributed by atoms with Crippen LogP contribution in [0.15, 0.2) is 29.4 Å². The molecule has 0 atom stereocenters. The highest BCUT2D eigenvalue weighted by Gasteiger charge is 2.52. The molecule has 6 nitrogen and oxygen atoms in total. The van der Waals surface area contributed by atoms with Crippen molar-refractivity contribution < 1.29 is 26.3 Å². The summed E-state index contributed by atoms with van der Waals surface area (Å²) in [5.41, 5.74) is -3.67. The molecule has 10 heteroatoms. The third kappa shape index (κ3) is 3.36. The molecule has 1 aromatic rings. The zero-order chi connectivity index (χ0) is 17.3. The van der Waals surface area contributed by atoms with Crippen molar-refractivity contribution in [3.63, 3.8) is 0 Å². The molecule has 1 aliphatic rings. The summed E-state index contributed by atoms with van der Waals surface area (Å²) >= 11 is 0. The number of sulfonamides is 1. The third-order valence-electron chi connectivity index (χ3n) is 3.34. The van der Waals surface area contributed by atoms with Gasteiger partial charge in [0, 0.05) is 0 Å². The number of anilines is 1. The summed E-state index contributed by atoms with van der Waals surface area (Å²) < 4.78 is 65.9. The molecule has 0 saturated heterocycles. The molecular formula is C13H16F3N3O3S. The number of halogens is 3. The van der Waals surface area contributed by atoms with Gasteiger partial charge < -0.3 is 4.74 Å². The van der Waals surface area contributed by atoms with Crippen molar-refractivity contribution in [3.05, 3.63) is 29.8 Å². The lowest BCUT2D eigenvalue weighted by Crippen LogP contribution is -2.51. The molecule has 1 heterocycles. The molecule has 0 unspecified atom stereocenters. The zero-order valence-electron chi connectivity index (χ0n) is 12.5. The Bertz CT molecular complexity index is 687. The van der Waals surface area contributed by atoms with E-state index in [-0.39, 0.29) is 10.8 Å². The van der Waals surface area contributed by atoms with E-state index in [1.54, 1.807) is 12.1 Å². The lowest BCUT2D eigenvalue weighted by atomic mass is 10.1. The maximum Gasteiger partial charge on any atom is 0.516 e. The van der Waals surface area contributed by atoms with Gasteiger partial charge in [-0.3, -0.25) is 5.01 Å². The maximum atomic E-state index is 12.7. The summed E-state index contributed by atoms with van der Waals surface area (Å²) in [4.78, 5) is 0. The highest BCUT2D eigenvalue weighted by Crippen LogP contribution is 2.29. The van der Waals surface area contributed by atoms with Gasteiger partial charge in [0.2, 0.25) is 0 Å². The molecule has 0 amide bonds. The molecule has 0 aliphatic carbocycles. The van der Waals surface area contributed by atoms with E-state index >= 15 is 0 Å². The van der Waals surface area contributed by atoms with Crippen molar-refractivity contribution in [3.8, 4) is 0 Å². The Hall–Kier alpha value is -1.97. The number of ether oxygens (including phenoxy) is 1. The summed E-state index contributed by atoms with van der Waals surface area (Å²) in [6.45, 7) is 1.56. The molecule has 2 rings (SSSR count). The molecule has 0 spiro atoms. The molecule has 1 aromatic carbocycles. The zero-order valence-corrected chi connectivity index (χ0v) is 13.4. The predicted octanol–water partition coefficient (Wildman–Crippen LogP) is 2.14. The Labute approximate surface area is 132 Å². The van der Waals surface area contributed by atoms with E-state index < -0.39 is 28.1 Å². The van der Waals surface area contributed by atoms with Crippen LogP contribution in [-0.4, -0.2) is 44.5 Å². The Morgan fingerprint density at radius 2 is 1.83 bits per heavy atom. The number of methoxy groups -OCH3 is 1. The van der Waals surface area contributed by atoms with Crippen molar-refractivity contribution in [2.24, 2.45) is 5.10 Å². The van der Waals surface area contributed by atoms with Gasteiger partial charge in [-0.1, -0.05) is 19.1 Å². The van der Waals surface area contributed by atoms with E-state index in [9.17, 15) is 21.6 Å². The highest BCUT2D eigenvalue weighted by atomic mass is 32.2. The molecule has 0 saturated carbocycles. The minimum Gasteiger partial charge on any atom is -0.467 e. The van der Waals surface area contributed by atoms with Crippen LogP contribution in [0.3, 0.4) is 0 Å². The average Bonchev–Trinajstić information content (AvgIpc) is 2.53. The van der Waals surface area contributed by atoms with Crippen LogP contribution < -0.4 is 5.01 Å². The fourth-order valence-corrected chi connectivity index (χ4v) is 2.95. The highest BCUT2D eigenvalue weighted by molar-refractivity contribution is 7.90. The lowest BCUT2D eigenvalue weighted by molar-refractivity contribution is -0.0477. The van der Waals surface area contributed by atoms with Crippen molar-refractivity contribution in [2.45, 2.75) is 18.9 Å². The first kappa shape index (κ1) is 17.4. The summed E-state index contributed by atoms with van der Waals surface area (Å²) in [6.07, 6.45) is 0.852. The largest absolute Gasteiger partial charge is 0.516 e. The van der Waals surface area contributed by atoms with Crippen molar-refractivity contribution in [1.82, 2.24) is 4.31 Å². The van der Waals surface area contributed by atoms with Gasteiger partial charge in [0.15, 0.2) is 0 Å². The Morgan fingerprint density at radius 3 is 2.30 bits per heavy atom. The first-order valence-electron chi connectivity index (χ1n) is 6.78. The van der Waals surface area contributed by atoms with E-state index in [0.29, 0.717) is 5.69 Å². The van der Waals surface area contributed by atoms with Gasteiger partial charge in [0.05, 0.1) is 25.9 Å². The molecule has 0 fully saturated rings. The SMILES string of the molecule is CCc1ccc(N2CCN(S(=O)(=O)C(F)(F)F)C(OC)=N2)cc1. The standard InChI is InChI=1S/C13H16F3N3O3S/c1-3-10-4-6-11(7-5-10)18-8-9-19(12(17-18)22-2)23(20,21)13(14,15)16/h4-7H,3,8-9H2,1-2H3. The topological polar surface area (TPSA) is 62.2 Å². The number of amidine groups is 1. The smallest absolute Gasteiger partial charge is 0.467 e. The predicted molar refractivity (Wildman–Crippen MR) is 79.3 cm³/mol. The van der Waals surface area contributed by atoms with Gasteiger partial charge in [0.25, 0.3) is 0 Å². The molecule has 128 valence electrons. The third-order valence-corrected chi connectivity index (χ3v) is 4.85. The van der Waals surface area contributed by atoms with Gasteiger partial charge in [-0.05, 0) is 24.1 Å². The Morgan fingerprint density at radius 1 is 1.22 bits per heavy atom. The molecule has 0 N–H and O–H groups in total. The first-order chi connectivity index (χ1) is 10.7. The number of rotatable bonds is 3. The van der Waals surface area contributed by atoms with Gasteiger partial charge in [-0.25, -0.2) is 4.31 Å². The fraction of sp³-hybridized carbons (Fsp3) is 0.462. The summed E-state index contributed by atoms with van der Waals surface area (Å²) in [5, 5.41) is 5.27. The molecule has 1 aliphatic heterocycles. The van der Waals surface area contributed by atoms with Crippen LogP contribution in [0.4, 0.5) is 18.9 Å². The van der Waals surface area contributed by atoms with Gasteiger partial charge in [-0.15, -0.1) is 5.10 Å². The van der Waals surface area contributed by atoms with Crippen LogP contribution in [0.25, 0.3) is 0 Å². The molecular weight excluding hydrogens is 335 g/mol. The number of hydrogen-bond donors (Lipinski definition) is 0. The van der Waals surface area contributed by atoms with Crippen LogP contribution in [0, 0.1) is 0 Å². The maximum absolute atomic E-state index is 12.7. The van der Waals surface area contributed by atoms with Crippen LogP contribution in [0.2, 0.25) is 0 Å². The van der Waals surface area contributed by atoms with Gasteiger partial charge in [0.1, 0.15) is 0 Å². The van der Waals surface area contributed by atoms with Crippen LogP contribution in [0.1, 0.15) is 12.5 Å². The lowest BCUT2D eigenvalue weighted by Gasteiger charge is -2.32.